The lowest BCUT2D eigenvalue weighted by Gasteiger charge is -2.14. The van der Waals surface area contributed by atoms with Crippen molar-refractivity contribution in [3.05, 3.63) is 38.8 Å². The predicted molar refractivity (Wildman–Crippen MR) is 108 cm³/mol. The number of aromatic nitrogens is 1. The first kappa shape index (κ1) is 21.9. The lowest BCUT2D eigenvalue weighted by molar-refractivity contribution is -0.139. The molecule has 0 fully saturated rings. The number of primary amides is 1. The van der Waals surface area contributed by atoms with Gasteiger partial charge in [-0.3, -0.25) is 4.79 Å². The third kappa shape index (κ3) is 5.82. The number of hydrogen-bond donors (Lipinski definition) is 4. The van der Waals surface area contributed by atoms with Crippen molar-refractivity contribution in [2.24, 2.45) is 5.73 Å². The van der Waals surface area contributed by atoms with Crippen molar-refractivity contribution in [1.29, 1.82) is 0 Å². The van der Waals surface area contributed by atoms with E-state index < -0.39 is 23.9 Å². The van der Waals surface area contributed by atoms with E-state index in [9.17, 15) is 19.5 Å². The molecule has 0 aliphatic heterocycles. The van der Waals surface area contributed by atoms with Crippen LogP contribution in [0.15, 0.2) is 18.2 Å². The summed E-state index contributed by atoms with van der Waals surface area (Å²) in [5.74, 6) is -1.71. The minimum Gasteiger partial charge on any atom is -0.480 e. The Kier molecular flexibility index (Phi) is 7.61. The Morgan fingerprint density at radius 3 is 2.64 bits per heavy atom. The van der Waals surface area contributed by atoms with Crippen molar-refractivity contribution in [3.63, 3.8) is 0 Å². The number of benzene rings is 1. The zero-order chi connectivity index (χ0) is 20.8. The highest BCUT2D eigenvalue weighted by molar-refractivity contribution is 7.17. The van der Waals surface area contributed by atoms with E-state index in [0.717, 1.165) is 11.3 Å². The van der Waals surface area contributed by atoms with Crippen LogP contribution in [0.3, 0.4) is 0 Å². The topological polar surface area (TPSA) is 134 Å². The summed E-state index contributed by atoms with van der Waals surface area (Å²) in [6, 6.07) is 3.15. The molecule has 0 radical (unpaired) electrons. The molecule has 2 rings (SSSR count). The third-order valence-electron chi connectivity index (χ3n) is 3.74. The van der Waals surface area contributed by atoms with E-state index in [2.05, 4.69) is 15.6 Å². The number of aliphatic carboxylic acids is 1. The monoisotopic (exact) mass is 444 g/mol. The Morgan fingerprint density at radius 1 is 1.32 bits per heavy atom. The van der Waals surface area contributed by atoms with E-state index in [-0.39, 0.29) is 13.0 Å². The summed E-state index contributed by atoms with van der Waals surface area (Å²) in [6.45, 7) is 1.87. The number of thiazole rings is 1. The van der Waals surface area contributed by atoms with Gasteiger partial charge in [-0.05, 0) is 38.0 Å². The second-order valence-corrected chi connectivity index (χ2v) is 7.70. The number of aryl methyl sites for hydroxylation is 1. The number of amides is 3. The second-order valence-electron chi connectivity index (χ2n) is 5.86. The summed E-state index contributed by atoms with van der Waals surface area (Å²) < 4.78 is 0. The van der Waals surface area contributed by atoms with Gasteiger partial charge in [0.25, 0.3) is 5.91 Å². The van der Waals surface area contributed by atoms with Crippen molar-refractivity contribution < 1.29 is 19.5 Å². The predicted octanol–water partition coefficient (Wildman–Crippen LogP) is 3.06. The molecule has 3 amide bonds. The molecular formula is C17H18Cl2N4O4S. The molecule has 1 heterocycles. The number of halogens is 2. The number of carbonyl (C=O) groups is 3. The van der Waals surface area contributed by atoms with Gasteiger partial charge in [-0.25, -0.2) is 14.6 Å². The fraction of sp³-hybridized carbons (Fsp3) is 0.294. The van der Waals surface area contributed by atoms with Gasteiger partial charge in [0.2, 0.25) is 0 Å². The molecule has 5 N–H and O–H groups in total. The van der Waals surface area contributed by atoms with E-state index in [1.807, 2.05) is 0 Å². The Labute approximate surface area is 175 Å². The number of rotatable bonds is 8. The van der Waals surface area contributed by atoms with E-state index in [0.29, 0.717) is 37.6 Å². The number of hydrogen-bond acceptors (Lipinski definition) is 5. The molecule has 1 atom stereocenters. The third-order valence-corrected chi connectivity index (χ3v) is 5.47. The first-order valence-electron chi connectivity index (χ1n) is 8.19. The summed E-state index contributed by atoms with van der Waals surface area (Å²) >= 11 is 13.2. The summed E-state index contributed by atoms with van der Waals surface area (Å²) in [5.41, 5.74) is 6.04. The largest absolute Gasteiger partial charge is 0.480 e. The van der Waals surface area contributed by atoms with Crippen LogP contribution in [0.5, 0.6) is 0 Å². The van der Waals surface area contributed by atoms with Gasteiger partial charge in [-0.1, -0.05) is 23.2 Å². The molecule has 2 aromatic rings. The van der Waals surface area contributed by atoms with Crippen molar-refractivity contribution in [3.8, 4) is 10.6 Å². The molecule has 0 spiro atoms. The summed E-state index contributed by atoms with van der Waals surface area (Å²) in [7, 11) is 0. The average molecular weight is 445 g/mol. The van der Waals surface area contributed by atoms with Gasteiger partial charge in [0.1, 0.15) is 15.9 Å². The zero-order valence-corrected chi connectivity index (χ0v) is 17.1. The highest BCUT2D eigenvalue weighted by atomic mass is 35.5. The number of nitrogens with one attached hydrogen (secondary N) is 2. The molecule has 0 bridgehead atoms. The lowest BCUT2D eigenvalue weighted by atomic mass is 10.1. The van der Waals surface area contributed by atoms with Crippen LogP contribution in [0.2, 0.25) is 10.0 Å². The highest BCUT2D eigenvalue weighted by Crippen LogP contribution is 2.34. The van der Waals surface area contributed by atoms with Gasteiger partial charge in [0.15, 0.2) is 0 Å². The van der Waals surface area contributed by atoms with E-state index in [4.69, 9.17) is 28.9 Å². The fourth-order valence-electron chi connectivity index (χ4n) is 2.38. The van der Waals surface area contributed by atoms with Crippen LogP contribution in [0, 0.1) is 6.92 Å². The molecular weight excluding hydrogens is 427 g/mol. The number of urea groups is 1. The normalized spacial score (nSPS) is 11.7. The lowest BCUT2D eigenvalue weighted by Crippen LogP contribution is -2.41. The number of carbonyl (C=O) groups excluding carboxylic acids is 2. The van der Waals surface area contributed by atoms with Crippen LogP contribution >= 0.6 is 34.5 Å². The molecule has 0 saturated heterocycles. The molecule has 0 saturated carbocycles. The number of nitrogens with two attached hydrogens (primary N) is 1. The summed E-state index contributed by atoms with van der Waals surface area (Å²) in [6.07, 6.45) is 0.475. The number of carboxylic acid groups (broad SMARTS) is 1. The minimum atomic E-state index is -1.17. The van der Waals surface area contributed by atoms with Crippen molar-refractivity contribution in [1.82, 2.24) is 15.6 Å². The Hall–Kier alpha value is -2.36. The first-order valence-corrected chi connectivity index (χ1v) is 9.76. The molecule has 1 aromatic heterocycles. The van der Waals surface area contributed by atoms with E-state index in [1.54, 1.807) is 25.1 Å². The van der Waals surface area contributed by atoms with Gasteiger partial charge < -0.3 is 21.5 Å². The SMILES string of the molecule is Cc1nc(-c2ccc(Cl)cc2Cl)sc1C(=O)N[C@@H](CCCNC(N)=O)C(=O)O. The van der Waals surface area contributed by atoms with Gasteiger partial charge in [-0.15, -0.1) is 11.3 Å². The number of nitrogens with zero attached hydrogens (tertiary/aromatic N) is 1. The van der Waals surface area contributed by atoms with Gasteiger partial charge >= 0.3 is 12.0 Å². The molecule has 0 aliphatic carbocycles. The first-order chi connectivity index (χ1) is 13.2. The Balaban J connectivity index is 2.11. The second kappa shape index (κ2) is 9.72. The Bertz CT molecular complexity index is 903. The molecule has 8 nitrogen and oxygen atoms in total. The van der Waals surface area contributed by atoms with Crippen molar-refractivity contribution in [2.75, 3.05) is 6.54 Å². The maximum Gasteiger partial charge on any atom is 0.326 e. The van der Waals surface area contributed by atoms with E-state index >= 15 is 0 Å². The highest BCUT2D eigenvalue weighted by Gasteiger charge is 2.24. The molecule has 11 heteroatoms. The average Bonchev–Trinajstić information content (AvgIpc) is 2.98. The molecule has 150 valence electrons. The molecule has 28 heavy (non-hydrogen) atoms. The van der Waals surface area contributed by atoms with Crippen LogP contribution in [-0.4, -0.2) is 40.6 Å². The molecule has 0 unspecified atom stereocenters. The number of carboxylic acids is 1. The minimum absolute atomic E-state index is 0.134. The summed E-state index contributed by atoms with van der Waals surface area (Å²) in [4.78, 5) is 39.3. The van der Waals surface area contributed by atoms with Crippen molar-refractivity contribution in [2.45, 2.75) is 25.8 Å². The molecule has 0 aliphatic rings. The zero-order valence-electron chi connectivity index (χ0n) is 14.8. The van der Waals surface area contributed by atoms with Crippen LogP contribution < -0.4 is 16.4 Å². The standard InChI is InChI=1S/C17H18Cl2N4O4S/c1-8-13(28-15(22-8)10-5-4-9(18)7-11(10)19)14(24)23-12(16(25)26)3-2-6-21-17(20)27/h4-5,7,12H,2-3,6H2,1H3,(H,23,24)(H,25,26)(H3,20,21,27)/t12-/m0/s1. The van der Waals surface area contributed by atoms with Crippen LogP contribution in [0.4, 0.5) is 4.79 Å². The Morgan fingerprint density at radius 2 is 2.04 bits per heavy atom. The van der Waals surface area contributed by atoms with Crippen LogP contribution in [0.1, 0.15) is 28.2 Å². The summed E-state index contributed by atoms with van der Waals surface area (Å²) in [5, 5.41) is 15.6. The fourth-order valence-corrected chi connectivity index (χ4v) is 3.95. The van der Waals surface area contributed by atoms with E-state index in [1.165, 1.54) is 0 Å². The maximum atomic E-state index is 12.6. The van der Waals surface area contributed by atoms with Gasteiger partial charge in [-0.2, -0.15) is 0 Å². The maximum absolute atomic E-state index is 12.6. The van der Waals surface area contributed by atoms with Crippen molar-refractivity contribution >= 4 is 52.4 Å². The smallest absolute Gasteiger partial charge is 0.326 e. The molecule has 1 aromatic carbocycles. The van der Waals surface area contributed by atoms with Gasteiger partial charge in [0, 0.05) is 17.1 Å². The quantitative estimate of drug-likeness (QED) is 0.464. The van der Waals surface area contributed by atoms with Crippen LogP contribution in [-0.2, 0) is 4.79 Å². The van der Waals surface area contributed by atoms with Crippen LogP contribution in [0.25, 0.3) is 10.6 Å². The van der Waals surface area contributed by atoms with Gasteiger partial charge in [0.05, 0.1) is 10.7 Å².